The van der Waals surface area contributed by atoms with Gasteiger partial charge in [-0.1, -0.05) is 0 Å². The normalized spacial score (nSPS) is 20.4. The van der Waals surface area contributed by atoms with E-state index >= 15 is 0 Å². The Kier molecular flexibility index (Phi) is 2.82. The number of nitrogens with one attached hydrogen (secondary N) is 1. The van der Waals surface area contributed by atoms with Gasteiger partial charge in [0.05, 0.1) is 0 Å². The topological polar surface area (TPSA) is 112 Å². The SMILES string of the molecule is Nc1nc(N)nc(OCC2CCCN2)n1. The Balaban J connectivity index is 1.92. The van der Waals surface area contributed by atoms with Gasteiger partial charge >= 0.3 is 6.01 Å². The summed E-state index contributed by atoms with van der Waals surface area (Å²) < 4.78 is 5.37. The second-order valence-corrected chi connectivity index (χ2v) is 3.44. The van der Waals surface area contributed by atoms with Crippen molar-refractivity contribution in [2.24, 2.45) is 0 Å². The first-order valence-electron chi connectivity index (χ1n) is 4.87. The van der Waals surface area contributed by atoms with Gasteiger partial charge in [0, 0.05) is 6.04 Å². The van der Waals surface area contributed by atoms with E-state index in [-0.39, 0.29) is 17.9 Å². The maximum absolute atomic E-state index is 5.41. The Labute approximate surface area is 87.3 Å². The molecule has 7 heteroatoms. The minimum Gasteiger partial charge on any atom is -0.462 e. The first-order chi connectivity index (χ1) is 7.24. The van der Waals surface area contributed by atoms with Crippen LogP contribution in [0.25, 0.3) is 0 Å². The molecule has 1 atom stereocenters. The molecule has 1 aliphatic heterocycles. The van der Waals surface area contributed by atoms with E-state index in [1.807, 2.05) is 0 Å². The monoisotopic (exact) mass is 210 g/mol. The average molecular weight is 210 g/mol. The van der Waals surface area contributed by atoms with E-state index in [2.05, 4.69) is 20.3 Å². The third-order valence-corrected chi connectivity index (χ3v) is 2.23. The lowest BCUT2D eigenvalue weighted by molar-refractivity contribution is 0.257. The summed E-state index contributed by atoms with van der Waals surface area (Å²) in [5, 5.41) is 3.30. The molecule has 82 valence electrons. The van der Waals surface area contributed by atoms with Crippen molar-refractivity contribution >= 4 is 11.9 Å². The fourth-order valence-corrected chi connectivity index (χ4v) is 1.53. The van der Waals surface area contributed by atoms with E-state index < -0.39 is 0 Å². The Morgan fingerprint density at radius 2 is 2.00 bits per heavy atom. The highest BCUT2D eigenvalue weighted by atomic mass is 16.5. The highest BCUT2D eigenvalue weighted by Gasteiger charge is 2.15. The van der Waals surface area contributed by atoms with E-state index in [0.717, 1.165) is 13.0 Å². The molecule has 0 spiro atoms. The quantitative estimate of drug-likeness (QED) is 0.596. The predicted octanol–water partition coefficient (Wildman–Crippen LogP) is -0.833. The highest BCUT2D eigenvalue weighted by molar-refractivity contribution is 5.27. The van der Waals surface area contributed by atoms with Gasteiger partial charge in [-0.25, -0.2) is 0 Å². The first kappa shape index (κ1) is 9.91. The smallest absolute Gasteiger partial charge is 0.323 e. The van der Waals surface area contributed by atoms with Crippen LogP contribution in [0.2, 0.25) is 0 Å². The van der Waals surface area contributed by atoms with Crippen LogP contribution in [0.3, 0.4) is 0 Å². The van der Waals surface area contributed by atoms with Crippen molar-refractivity contribution < 1.29 is 4.74 Å². The summed E-state index contributed by atoms with van der Waals surface area (Å²) in [5.41, 5.74) is 10.8. The van der Waals surface area contributed by atoms with Crippen LogP contribution >= 0.6 is 0 Å². The molecule has 0 radical (unpaired) electrons. The molecule has 1 aromatic rings. The van der Waals surface area contributed by atoms with Crippen molar-refractivity contribution in [3.05, 3.63) is 0 Å². The van der Waals surface area contributed by atoms with Gasteiger partial charge in [0.2, 0.25) is 11.9 Å². The standard InChI is InChI=1S/C8H14N6O/c9-6-12-7(10)14-8(13-6)15-4-5-2-1-3-11-5/h5,11H,1-4H2,(H4,9,10,12,13,14). The van der Waals surface area contributed by atoms with Crippen molar-refractivity contribution in [2.75, 3.05) is 24.6 Å². The van der Waals surface area contributed by atoms with Crippen LogP contribution in [-0.4, -0.2) is 34.1 Å². The number of aromatic nitrogens is 3. The zero-order valence-electron chi connectivity index (χ0n) is 8.31. The maximum atomic E-state index is 5.41. The molecular weight excluding hydrogens is 196 g/mol. The summed E-state index contributed by atoms with van der Waals surface area (Å²) in [6.45, 7) is 1.57. The fourth-order valence-electron chi connectivity index (χ4n) is 1.53. The second kappa shape index (κ2) is 4.26. The van der Waals surface area contributed by atoms with E-state index in [1.54, 1.807) is 0 Å². The molecule has 1 aliphatic rings. The predicted molar refractivity (Wildman–Crippen MR) is 55.2 cm³/mol. The van der Waals surface area contributed by atoms with Gasteiger partial charge in [0.1, 0.15) is 6.61 Å². The summed E-state index contributed by atoms with van der Waals surface area (Å²) in [5.74, 6) is 0.161. The number of hydrogen-bond donors (Lipinski definition) is 3. The number of ether oxygens (including phenoxy) is 1. The lowest BCUT2D eigenvalue weighted by Gasteiger charge is -2.10. The summed E-state index contributed by atoms with van der Waals surface area (Å²) >= 11 is 0. The van der Waals surface area contributed by atoms with Crippen molar-refractivity contribution in [1.29, 1.82) is 0 Å². The lowest BCUT2D eigenvalue weighted by Crippen LogP contribution is -2.28. The summed E-state index contributed by atoms with van der Waals surface area (Å²) in [7, 11) is 0. The molecule has 0 amide bonds. The number of nitrogens with two attached hydrogens (primary N) is 2. The Hall–Kier alpha value is -1.63. The average Bonchev–Trinajstić information content (AvgIpc) is 2.65. The van der Waals surface area contributed by atoms with Gasteiger partial charge in [-0.05, 0) is 19.4 Å². The first-order valence-corrected chi connectivity index (χ1v) is 4.87. The molecule has 2 rings (SSSR count). The van der Waals surface area contributed by atoms with Gasteiger partial charge in [-0.3, -0.25) is 0 Å². The molecule has 15 heavy (non-hydrogen) atoms. The van der Waals surface area contributed by atoms with Crippen molar-refractivity contribution in [1.82, 2.24) is 20.3 Å². The van der Waals surface area contributed by atoms with Crippen molar-refractivity contribution in [2.45, 2.75) is 18.9 Å². The Morgan fingerprint density at radius 3 is 2.60 bits per heavy atom. The lowest BCUT2D eigenvalue weighted by atomic mass is 10.2. The second-order valence-electron chi connectivity index (χ2n) is 3.44. The van der Waals surface area contributed by atoms with Gasteiger partial charge < -0.3 is 21.5 Å². The number of rotatable bonds is 3. The van der Waals surface area contributed by atoms with Crippen LogP contribution in [0, 0.1) is 0 Å². The highest BCUT2D eigenvalue weighted by Crippen LogP contribution is 2.09. The van der Waals surface area contributed by atoms with Gasteiger partial charge in [-0.2, -0.15) is 15.0 Å². The molecule has 0 aliphatic carbocycles. The number of nitrogens with zero attached hydrogens (tertiary/aromatic N) is 3. The molecular formula is C8H14N6O. The Bertz CT molecular complexity index is 318. The van der Waals surface area contributed by atoms with Crippen LogP contribution in [0.5, 0.6) is 6.01 Å². The summed E-state index contributed by atoms with van der Waals surface area (Å²) in [6.07, 6.45) is 2.28. The van der Waals surface area contributed by atoms with Crippen LogP contribution in [0.1, 0.15) is 12.8 Å². The maximum Gasteiger partial charge on any atom is 0.323 e. The van der Waals surface area contributed by atoms with E-state index in [9.17, 15) is 0 Å². The number of hydrogen-bond acceptors (Lipinski definition) is 7. The molecule has 5 N–H and O–H groups in total. The summed E-state index contributed by atoms with van der Waals surface area (Å²) in [6, 6.07) is 0.554. The molecule has 1 fully saturated rings. The van der Waals surface area contributed by atoms with Crippen LogP contribution in [0.4, 0.5) is 11.9 Å². The van der Waals surface area contributed by atoms with Crippen LogP contribution in [-0.2, 0) is 0 Å². The minimum atomic E-state index is 0.0804. The molecule has 0 saturated carbocycles. The zero-order valence-corrected chi connectivity index (χ0v) is 8.31. The summed E-state index contributed by atoms with van der Waals surface area (Å²) in [4.78, 5) is 11.3. The number of nitrogen functional groups attached to an aromatic ring is 2. The van der Waals surface area contributed by atoms with Crippen LogP contribution in [0.15, 0.2) is 0 Å². The van der Waals surface area contributed by atoms with Crippen molar-refractivity contribution in [3.63, 3.8) is 0 Å². The largest absolute Gasteiger partial charge is 0.462 e. The molecule has 2 heterocycles. The molecule has 1 aromatic heterocycles. The van der Waals surface area contributed by atoms with Gasteiger partial charge in [-0.15, -0.1) is 0 Å². The van der Waals surface area contributed by atoms with Gasteiger partial charge in [0.25, 0.3) is 0 Å². The minimum absolute atomic E-state index is 0.0804. The molecule has 1 unspecified atom stereocenters. The van der Waals surface area contributed by atoms with Crippen molar-refractivity contribution in [3.8, 4) is 6.01 Å². The molecule has 0 aromatic carbocycles. The molecule has 1 saturated heterocycles. The third kappa shape index (κ3) is 2.66. The third-order valence-electron chi connectivity index (χ3n) is 2.23. The van der Waals surface area contributed by atoms with Gasteiger partial charge in [0.15, 0.2) is 0 Å². The van der Waals surface area contributed by atoms with Crippen LogP contribution < -0.4 is 21.5 Å². The van der Waals surface area contributed by atoms with E-state index in [4.69, 9.17) is 16.2 Å². The molecule has 7 nitrogen and oxygen atoms in total. The zero-order chi connectivity index (χ0) is 10.7. The van der Waals surface area contributed by atoms with E-state index in [0.29, 0.717) is 12.6 Å². The fraction of sp³-hybridized carbons (Fsp3) is 0.625. The molecule has 0 bridgehead atoms. The van der Waals surface area contributed by atoms with E-state index in [1.165, 1.54) is 6.42 Å². The Morgan fingerprint density at radius 1 is 1.27 bits per heavy atom. The number of anilines is 2.